The average Bonchev–Trinajstić information content (AvgIpc) is 3.35. The highest BCUT2D eigenvalue weighted by molar-refractivity contribution is 7.10. The zero-order chi connectivity index (χ0) is 18.1. The van der Waals surface area contributed by atoms with Crippen LogP contribution in [0.4, 0.5) is 5.69 Å². The Morgan fingerprint density at radius 2 is 2.08 bits per heavy atom. The van der Waals surface area contributed by atoms with Gasteiger partial charge >= 0.3 is 0 Å². The largest absolute Gasteiger partial charge is 0.376 e. The number of amides is 3. The number of hydrogen-bond acceptors (Lipinski definition) is 5. The molecule has 0 saturated carbocycles. The van der Waals surface area contributed by atoms with Crippen molar-refractivity contribution < 1.29 is 19.1 Å². The lowest BCUT2D eigenvalue weighted by atomic mass is 10.1. The van der Waals surface area contributed by atoms with Gasteiger partial charge in [0.2, 0.25) is 5.91 Å². The minimum Gasteiger partial charge on any atom is -0.376 e. The summed E-state index contributed by atoms with van der Waals surface area (Å²) in [6.45, 7) is 0.959. The van der Waals surface area contributed by atoms with E-state index in [0.29, 0.717) is 23.4 Å². The fourth-order valence-electron chi connectivity index (χ4n) is 3.30. The average molecular weight is 370 g/mol. The zero-order valence-electron chi connectivity index (χ0n) is 14.1. The first kappa shape index (κ1) is 16.9. The Kier molecular flexibility index (Phi) is 4.57. The summed E-state index contributed by atoms with van der Waals surface area (Å²) in [4.78, 5) is 39.5. The molecule has 3 heterocycles. The third kappa shape index (κ3) is 3.27. The molecule has 26 heavy (non-hydrogen) atoms. The molecular weight excluding hydrogens is 352 g/mol. The van der Waals surface area contributed by atoms with Crippen molar-refractivity contribution in [3.8, 4) is 0 Å². The smallest absolute Gasteiger partial charge is 0.261 e. The molecule has 1 saturated heterocycles. The second-order valence-corrected chi connectivity index (χ2v) is 7.45. The van der Waals surface area contributed by atoms with Crippen molar-refractivity contribution in [2.75, 3.05) is 18.5 Å². The molecule has 0 radical (unpaired) electrons. The summed E-state index contributed by atoms with van der Waals surface area (Å²) >= 11 is 1.52. The van der Waals surface area contributed by atoms with Crippen LogP contribution in [0.2, 0.25) is 0 Å². The Labute approximate surface area is 154 Å². The summed E-state index contributed by atoms with van der Waals surface area (Å²) in [7, 11) is 0. The summed E-state index contributed by atoms with van der Waals surface area (Å²) in [5.74, 6) is -0.771. The van der Waals surface area contributed by atoms with Crippen molar-refractivity contribution in [1.29, 1.82) is 0 Å². The number of anilines is 1. The summed E-state index contributed by atoms with van der Waals surface area (Å²) in [5.41, 5.74) is 1.23. The maximum absolute atomic E-state index is 12.6. The number of carbonyl (C=O) groups excluding carboxylic acids is 3. The van der Waals surface area contributed by atoms with Crippen LogP contribution in [0.3, 0.4) is 0 Å². The second-order valence-electron chi connectivity index (χ2n) is 6.42. The van der Waals surface area contributed by atoms with Crippen molar-refractivity contribution in [2.45, 2.75) is 25.4 Å². The molecule has 2 aliphatic rings. The quantitative estimate of drug-likeness (QED) is 0.821. The van der Waals surface area contributed by atoms with Crippen molar-refractivity contribution in [2.24, 2.45) is 0 Å². The highest BCUT2D eigenvalue weighted by Gasteiger charge is 2.37. The molecule has 4 rings (SSSR count). The molecule has 2 aliphatic heterocycles. The van der Waals surface area contributed by atoms with Gasteiger partial charge in [0.25, 0.3) is 11.8 Å². The lowest BCUT2D eigenvalue weighted by Gasteiger charge is -2.17. The number of fused-ring (bicyclic) bond motifs is 1. The van der Waals surface area contributed by atoms with Crippen LogP contribution < -0.4 is 5.32 Å². The van der Waals surface area contributed by atoms with Gasteiger partial charge < -0.3 is 10.1 Å². The van der Waals surface area contributed by atoms with Gasteiger partial charge in [-0.05, 0) is 42.5 Å². The molecule has 0 bridgehead atoms. The van der Waals surface area contributed by atoms with Gasteiger partial charge in [-0.1, -0.05) is 6.07 Å². The van der Waals surface area contributed by atoms with Gasteiger partial charge in [0.05, 0.1) is 30.2 Å². The fourth-order valence-corrected chi connectivity index (χ4v) is 4.01. The first-order chi connectivity index (χ1) is 12.6. The minimum atomic E-state index is -0.324. The van der Waals surface area contributed by atoms with Crippen LogP contribution in [0, 0.1) is 0 Å². The van der Waals surface area contributed by atoms with Gasteiger partial charge in [-0.2, -0.15) is 0 Å². The minimum absolute atomic E-state index is 0.0813. The Bertz CT molecular complexity index is 856. The Morgan fingerprint density at radius 3 is 2.81 bits per heavy atom. The van der Waals surface area contributed by atoms with E-state index in [4.69, 9.17) is 4.74 Å². The topological polar surface area (TPSA) is 75.7 Å². The van der Waals surface area contributed by atoms with Crippen molar-refractivity contribution in [1.82, 2.24) is 4.90 Å². The molecular formula is C19H18N2O4S. The van der Waals surface area contributed by atoms with Gasteiger partial charge in [0, 0.05) is 17.2 Å². The van der Waals surface area contributed by atoms with Gasteiger partial charge in [-0.15, -0.1) is 11.3 Å². The van der Waals surface area contributed by atoms with Gasteiger partial charge in [0.1, 0.15) is 0 Å². The highest BCUT2D eigenvalue weighted by atomic mass is 32.1. The van der Waals surface area contributed by atoms with E-state index in [1.165, 1.54) is 16.2 Å². The predicted molar refractivity (Wildman–Crippen MR) is 97.4 cm³/mol. The molecule has 134 valence electrons. The maximum atomic E-state index is 12.6. The molecule has 0 spiro atoms. The lowest BCUT2D eigenvalue weighted by Crippen LogP contribution is -2.36. The molecule has 1 aromatic heterocycles. The van der Waals surface area contributed by atoms with Gasteiger partial charge in [0.15, 0.2) is 0 Å². The van der Waals surface area contributed by atoms with E-state index in [1.807, 2.05) is 17.5 Å². The van der Waals surface area contributed by atoms with Crippen molar-refractivity contribution in [3.05, 3.63) is 51.7 Å². The third-order valence-electron chi connectivity index (χ3n) is 4.58. The van der Waals surface area contributed by atoms with Crippen LogP contribution in [0.25, 0.3) is 0 Å². The van der Waals surface area contributed by atoms with Crippen LogP contribution in [-0.4, -0.2) is 41.9 Å². The van der Waals surface area contributed by atoms with Gasteiger partial charge in [-0.25, -0.2) is 0 Å². The number of nitrogens with one attached hydrogen (secondary N) is 1. The molecule has 2 aromatic rings. The maximum Gasteiger partial charge on any atom is 0.261 e. The third-order valence-corrected chi connectivity index (χ3v) is 5.46. The molecule has 7 heteroatoms. The van der Waals surface area contributed by atoms with Gasteiger partial charge in [-0.3, -0.25) is 19.3 Å². The standard InChI is InChI=1S/C19H18N2O4S/c22-17(10-14-4-2-8-26-14)20-12-5-6-15-16(9-12)19(24)21(18(15)23)11-13-3-1-7-25-13/h2,4-6,8-9,13H,1,3,7,10-11H2,(H,20,22). The number of hydrogen-bond donors (Lipinski definition) is 1. The molecule has 0 aliphatic carbocycles. The number of rotatable bonds is 5. The number of ether oxygens (including phenoxy) is 1. The zero-order valence-corrected chi connectivity index (χ0v) is 14.9. The number of nitrogens with zero attached hydrogens (tertiary/aromatic N) is 1. The molecule has 6 nitrogen and oxygen atoms in total. The second kappa shape index (κ2) is 7.01. The molecule has 1 aromatic carbocycles. The highest BCUT2D eigenvalue weighted by Crippen LogP contribution is 2.27. The van der Waals surface area contributed by atoms with Crippen LogP contribution >= 0.6 is 11.3 Å². The van der Waals surface area contributed by atoms with Crippen LogP contribution in [-0.2, 0) is 16.0 Å². The van der Waals surface area contributed by atoms with E-state index in [1.54, 1.807) is 18.2 Å². The summed E-state index contributed by atoms with van der Waals surface area (Å²) in [6.07, 6.45) is 2.01. The van der Waals surface area contributed by atoms with Crippen LogP contribution in [0.5, 0.6) is 0 Å². The molecule has 1 fully saturated rings. The van der Waals surface area contributed by atoms with Crippen LogP contribution in [0.15, 0.2) is 35.7 Å². The Morgan fingerprint density at radius 1 is 1.23 bits per heavy atom. The monoisotopic (exact) mass is 370 g/mol. The summed E-state index contributed by atoms with van der Waals surface area (Å²) in [5, 5.41) is 4.72. The first-order valence-electron chi connectivity index (χ1n) is 8.56. The predicted octanol–water partition coefficient (Wildman–Crippen LogP) is 2.70. The van der Waals surface area contributed by atoms with E-state index >= 15 is 0 Å². The molecule has 3 amide bonds. The fraction of sp³-hybridized carbons (Fsp3) is 0.316. The summed E-state index contributed by atoms with van der Waals surface area (Å²) in [6, 6.07) is 8.64. The number of benzene rings is 1. The van der Waals surface area contributed by atoms with Crippen molar-refractivity contribution >= 4 is 34.7 Å². The van der Waals surface area contributed by atoms with E-state index in [-0.39, 0.29) is 36.8 Å². The van der Waals surface area contributed by atoms with Crippen LogP contribution in [0.1, 0.15) is 38.4 Å². The molecule has 1 atom stereocenters. The number of thiophene rings is 1. The summed E-state index contributed by atoms with van der Waals surface area (Å²) < 4.78 is 5.53. The molecule has 1 unspecified atom stereocenters. The number of carbonyl (C=O) groups is 3. The lowest BCUT2D eigenvalue weighted by molar-refractivity contribution is -0.115. The SMILES string of the molecule is O=C(Cc1cccs1)Nc1ccc2c(c1)C(=O)N(CC1CCCO1)C2=O. The van der Waals surface area contributed by atoms with E-state index in [0.717, 1.165) is 17.7 Å². The molecule has 1 N–H and O–H groups in total. The van der Waals surface area contributed by atoms with E-state index in [9.17, 15) is 14.4 Å². The first-order valence-corrected chi connectivity index (χ1v) is 9.44. The van der Waals surface area contributed by atoms with E-state index < -0.39 is 0 Å². The normalized spacial score (nSPS) is 19.1. The van der Waals surface area contributed by atoms with E-state index in [2.05, 4.69) is 5.32 Å². The Hall–Kier alpha value is -2.51. The van der Waals surface area contributed by atoms with Crippen molar-refractivity contribution in [3.63, 3.8) is 0 Å². The number of imide groups is 1. The Balaban J connectivity index is 1.47.